The molecule has 17 heavy (non-hydrogen) atoms. The molecule has 0 aliphatic heterocycles. The Morgan fingerprint density at radius 2 is 1.24 bits per heavy atom. The van der Waals surface area contributed by atoms with E-state index in [4.69, 9.17) is 0 Å². The lowest BCUT2D eigenvalue weighted by atomic mass is 10.2. The maximum atomic E-state index is 3.85. The Morgan fingerprint density at radius 1 is 0.824 bits per heavy atom. The zero-order valence-electron chi connectivity index (χ0n) is 12.3. The Morgan fingerprint density at radius 3 is 1.59 bits per heavy atom. The first-order valence-electron chi connectivity index (χ1n) is 6.28. The quantitative estimate of drug-likeness (QED) is 0.708. The Bertz CT molecular complexity index is 343. The molecule has 0 saturated carbocycles. The van der Waals surface area contributed by atoms with Crippen molar-refractivity contribution in [3.63, 3.8) is 0 Å². The molecule has 0 bridgehead atoms. The van der Waals surface area contributed by atoms with Crippen LogP contribution in [-0.4, -0.2) is 17.0 Å². The van der Waals surface area contributed by atoms with Crippen molar-refractivity contribution in [3.05, 3.63) is 30.3 Å². The lowest BCUT2D eigenvalue weighted by Gasteiger charge is -2.44. The van der Waals surface area contributed by atoms with Gasteiger partial charge in [0, 0.05) is 0 Å². The third kappa shape index (κ3) is 3.01. The van der Waals surface area contributed by atoms with Crippen LogP contribution in [-0.2, 0) is 0 Å². The summed E-state index contributed by atoms with van der Waals surface area (Å²) in [5.41, 5.74) is 1.24. The van der Waals surface area contributed by atoms with Gasteiger partial charge in [0.1, 0.15) is 7.41 Å². The van der Waals surface area contributed by atoms with Crippen molar-refractivity contribution in [1.82, 2.24) is 0 Å². The number of para-hydroxylation sites is 1. The Kier molecular flexibility index (Phi) is 3.94. The minimum Gasteiger partial charge on any atom is -0.260 e. The summed E-state index contributed by atoms with van der Waals surface area (Å²) in [4.78, 5) is 0. The Hall–Kier alpha value is -0.550. The van der Waals surface area contributed by atoms with Crippen LogP contribution < -0.4 is 5.09 Å². The number of benzene rings is 1. The van der Waals surface area contributed by atoms with Crippen LogP contribution in [0.3, 0.4) is 0 Å². The highest BCUT2D eigenvalue weighted by molar-refractivity contribution is 7.79. The van der Waals surface area contributed by atoms with Crippen LogP contribution in [0.15, 0.2) is 30.3 Å². The van der Waals surface area contributed by atoms with Gasteiger partial charge < -0.3 is 0 Å². The van der Waals surface area contributed by atoms with Crippen LogP contribution >= 0.6 is 7.41 Å². The smallest absolute Gasteiger partial charge is 0.109 e. The van der Waals surface area contributed by atoms with Crippen molar-refractivity contribution >= 4 is 13.1 Å². The predicted octanol–water partition coefficient (Wildman–Crippen LogP) is 5.26. The summed E-state index contributed by atoms with van der Waals surface area (Å²) < 4.78 is 0. The molecule has 1 N–H and O–H groups in total. The average Bonchev–Trinajstić information content (AvgIpc) is 2.15. The normalized spacial score (nSPS) is 13.6. The molecule has 0 aromatic heterocycles. The maximum Gasteiger partial charge on any atom is 0.109 e. The topological polar surface area (TPSA) is 12.0 Å². The minimum absolute atomic E-state index is 0.293. The number of hydrogen-bond donors (Lipinski definition) is 1. The van der Waals surface area contributed by atoms with Crippen LogP contribution in [0.2, 0.25) is 0 Å². The van der Waals surface area contributed by atoms with E-state index in [1.165, 1.54) is 5.69 Å². The van der Waals surface area contributed by atoms with E-state index >= 15 is 0 Å². The number of anilines is 1. The SMILES string of the molecule is CC(C)(C)[P+](C)(Nc1ccccc1)C(C)(C)C. The van der Waals surface area contributed by atoms with E-state index in [1.807, 2.05) is 0 Å². The molecule has 0 fully saturated rings. The van der Waals surface area contributed by atoms with Gasteiger partial charge in [0.05, 0.1) is 22.7 Å². The molecular formula is C15H27NP+. The molecule has 0 saturated heterocycles. The molecule has 0 aliphatic carbocycles. The molecule has 0 atom stereocenters. The molecule has 0 radical (unpaired) electrons. The fourth-order valence-corrected chi connectivity index (χ4v) is 5.46. The minimum atomic E-state index is -1.31. The summed E-state index contributed by atoms with van der Waals surface area (Å²) >= 11 is 0. The average molecular weight is 252 g/mol. The highest BCUT2D eigenvalue weighted by Crippen LogP contribution is 2.73. The van der Waals surface area contributed by atoms with E-state index in [0.29, 0.717) is 10.3 Å². The van der Waals surface area contributed by atoms with Gasteiger partial charge in [0.25, 0.3) is 0 Å². The van der Waals surface area contributed by atoms with Gasteiger partial charge in [-0.15, -0.1) is 0 Å². The lowest BCUT2D eigenvalue weighted by molar-refractivity contribution is 0.694. The summed E-state index contributed by atoms with van der Waals surface area (Å²) in [6.07, 6.45) is 0. The highest BCUT2D eigenvalue weighted by Gasteiger charge is 2.54. The van der Waals surface area contributed by atoms with Crippen LogP contribution in [0.25, 0.3) is 0 Å². The van der Waals surface area contributed by atoms with E-state index in [0.717, 1.165) is 0 Å². The van der Waals surface area contributed by atoms with E-state index in [1.54, 1.807) is 0 Å². The molecule has 2 heteroatoms. The van der Waals surface area contributed by atoms with E-state index < -0.39 is 7.41 Å². The van der Waals surface area contributed by atoms with Crippen molar-refractivity contribution in [2.45, 2.75) is 51.9 Å². The van der Waals surface area contributed by atoms with Gasteiger partial charge >= 0.3 is 0 Å². The van der Waals surface area contributed by atoms with Crippen LogP contribution in [0.1, 0.15) is 41.5 Å². The molecular weight excluding hydrogens is 225 g/mol. The standard InChI is InChI=1S/C15H27NP/c1-14(2,3)17(7,15(4,5)6)16-13-11-9-8-10-12-13/h8-12,16H,1-7H3/q+1. The molecule has 96 valence electrons. The van der Waals surface area contributed by atoms with Crippen molar-refractivity contribution in [3.8, 4) is 0 Å². The second kappa shape index (κ2) is 4.61. The third-order valence-corrected chi connectivity index (χ3v) is 9.88. The van der Waals surface area contributed by atoms with Crippen molar-refractivity contribution in [1.29, 1.82) is 0 Å². The second-order valence-electron chi connectivity index (χ2n) is 6.83. The van der Waals surface area contributed by atoms with Crippen molar-refractivity contribution in [2.75, 3.05) is 11.8 Å². The van der Waals surface area contributed by atoms with Crippen LogP contribution in [0, 0.1) is 0 Å². The van der Waals surface area contributed by atoms with Gasteiger partial charge in [-0.3, -0.25) is 5.09 Å². The molecule has 0 unspecified atom stereocenters. The summed E-state index contributed by atoms with van der Waals surface area (Å²) in [7, 11) is -1.31. The Labute approximate surface area is 107 Å². The van der Waals surface area contributed by atoms with E-state index in [-0.39, 0.29) is 0 Å². The third-order valence-electron chi connectivity index (χ3n) is 3.81. The zero-order chi connectivity index (χ0) is 13.3. The zero-order valence-corrected chi connectivity index (χ0v) is 13.2. The summed E-state index contributed by atoms with van der Waals surface area (Å²) in [6.45, 7) is 16.5. The van der Waals surface area contributed by atoms with E-state index in [2.05, 4.69) is 83.6 Å². The van der Waals surface area contributed by atoms with Crippen LogP contribution in [0.5, 0.6) is 0 Å². The fraction of sp³-hybridized carbons (Fsp3) is 0.600. The van der Waals surface area contributed by atoms with Gasteiger partial charge in [0.2, 0.25) is 0 Å². The van der Waals surface area contributed by atoms with Gasteiger partial charge in [0.15, 0.2) is 0 Å². The molecule has 0 aliphatic rings. The number of hydrogen-bond acceptors (Lipinski definition) is 1. The molecule has 0 spiro atoms. The van der Waals surface area contributed by atoms with Gasteiger partial charge in [-0.25, -0.2) is 0 Å². The molecule has 1 aromatic carbocycles. The lowest BCUT2D eigenvalue weighted by Crippen LogP contribution is -2.37. The second-order valence-corrected chi connectivity index (χ2v) is 11.7. The van der Waals surface area contributed by atoms with E-state index in [9.17, 15) is 0 Å². The van der Waals surface area contributed by atoms with Crippen molar-refractivity contribution < 1.29 is 0 Å². The molecule has 0 amide bonds. The monoisotopic (exact) mass is 252 g/mol. The maximum absolute atomic E-state index is 3.85. The molecule has 1 rings (SSSR count). The highest BCUT2D eigenvalue weighted by atomic mass is 31.2. The first kappa shape index (κ1) is 14.5. The first-order chi connectivity index (χ1) is 7.58. The van der Waals surface area contributed by atoms with Gasteiger partial charge in [-0.05, 0) is 53.7 Å². The van der Waals surface area contributed by atoms with Crippen LogP contribution in [0.4, 0.5) is 5.69 Å². The summed E-state index contributed by atoms with van der Waals surface area (Å²) in [6, 6.07) is 10.6. The largest absolute Gasteiger partial charge is 0.260 e. The van der Waals surface area contributed by atoms with Gasteiger partial charge in [-0.2, -0.15) is 0 Å². The Balaban J connectivity index is 3.11. The molecule has 1 aromatic rings. The number of nitrogens with one attached hydrogen (secondary N) is 1. The summed E-state index contributed by atoms with van der Waals surface area (Å²) in [5, 5.41) is 4.43. The first-order valence-corrected chi connectivity index (χ1v) is 8.51. The predicted molar refractivity (Wildman–Crippen MR) is 82.4 cm³/mol. The fourth-order valence-electron chi connectivity index (χ4n) is 2.11. The number of rotatable bonds is 2. The van der Waals surface area contributed by atoms with Crippen molar-refractivity contribution in [2.24, 2.45) is 0 Å². The molecule has 0 heterocycles. The van der Waals surface area contributed by atoms with Gasteiger partial charge in [-0.1, -0.05) is 18.2 Å². The summed E-state index contributed by atoms with van der Waals surface area (Å²) in [5.74, 6) is 0. The molecule has 1 nitrogen and oxygen atoms in total.